The molecule has 2 N–H and O–H groups in total. The van der Waals surface area contributed by atoms with Crippen LogP contribution in [0.15, 0.2) is 0 Å². The number of piperazine rings is 3. The zero-order valence-electron chi connectivity index (χ0n) is 9.43. The first-order valence-corrected chi connectivity index (χ1v) is 5.67. The minimum atomic E-state index is 0.298. The molecule has 16 heavy (non-hydrogen) atoms. The third kappa shape index (κ3) is 1.64. The first-order valence-electron chi connectivity index (χ1n) is 5.67. The van der Waals surface area contributed by atoms with E-state index in [0.29, 0.717) is 17.8 Å². The lowest BCUT2D eigenvalue weighted by atomic mass is 10.1. The van der Waals surface area contributed by atoms with Crippen LogP contribution in [0.4, 0.5) is 5.95 Å². The summed E-state index contributed by atoms with van der Waals surface area (Å²) in [5.74, 6) is 1.87. The van der Waals surface area contributed by atoms with Gasteiger partial charge in [-0.05, 0) is 6.92 Å². The van der Waals surface area contributed by atoms with Crippen LogP contribution in [0.3, 0.4) is 0 Å². The van der Waals surface area contributed by atoms with Gasteiger partial charge < -0.3 is 5.73 Å². The van der Waals surface area contributed by atoms with E-state index in [1.54, 1.807) is 0 Å². The summed E-state index contributed by atoms with van der Waals surface area (Å²) in [5.41, 5.74) is 5.67. The molecule has 2 bridgehead atoms. The number of nitrogens with zero attached hydrogens (tertiary/aromatic N) is 5. The summed E-state index contributed by atoms with van der Waals surface area (Å²) in [5, 5.41) is 0. The Morgan fingerprint density at radius 2 is 1.88 bits per heavy atom. The van der Waals surface area contributed by atoms with Crippen molar-refractivity contribution >= 4 is 5.95 Å². The average Bonchev–Trinajstić information content (AvgIpc) is 2.29. The second kappa shape index (κ2) is 3.64. The molecule has 1 aromatic rings. The lowest BCUT2D eigenvalue weighted by Crippen LogP contribution is -2.57. The molecule has 3 aliphatic rings. The van der Waals surface area contributed by atoms with E-state index < -0.39 is 0 Å². The number of rotatable bonds is 1. The summed E-state index contributed by atoms with van der Waals surface area (Å²) >= 11 is 0. The van der Waals surface area contributed by atoms with Gasteiger partial charge in [-0.1, -0.05) is 0 Å². The predicted molar refractivity (Wildman–Crippen MR) is 59.7 cm³/mol. The minimum absolute atomic E-state index is 0.298. The molecule has 4 rings (SSSR count). The maximum atomic E-state index is 5.67. The molecule has 0 saturated carbocycles. The second-order valence-corrected chi connectivity index (χ2v) is 4.45. The van der Waals surface area contributed by atoms with Crippen LogP contribution in [0.5, 0.6) is 0 Å². The Balaban J connectivity index is 1.91. The largest absolute Gasteiger partial charge is 0.368 e. The van der Waals surface area contributed by atoms with Crippen molar-refractivity contribution < 1.29 is 0 Å². The van der Waals surface area contributed by atoms with Crippen LogP contribution in [-0.4, -0.2) is 57.5 Å². The van der Waals surface area contributed by atoms with Crippen molar-refractivity contribution in [3.05, 3.63) is 11.6 Å². The Bertz CT molecular complexity index is 378. The van der Waals surface area contributed by atoms with Crippen molar-refractivity contribution in [1.82, 2.24) is 24.8 Å². The van der Waals surface area contributed by atoms with Gasteiger partial charge in [0, 0.05) is 32.7 Å². The minimum Gasteiger partial charge on any atom is -0.368 e. The molecule has 0 aliphatic carbocycles. The van der Waals surface area contributed by atoms with Crippen LogP contribution in [0.25, 0.3) is 0 Å². The van der Waals surface area contributed by atoms with Crippen LogP contribution in [0, 0.1) is 6.92 Å². The van der Waals surface area contributed by atoms with Gasteiger partial charge in [-0.3, -0.25) is 9.80 Å². The number of anilines is 1. The molecule has 0 amide bonds. The molecule has 0 aromatic carbocycles. The number of nitrogen functional groups attached to an aromatic ring is 1. The van der Waals surface area contributed by atoms with Gasteiger partial charge in [0.2, 0.25) is 5.95 Å². The molecule has 0 radical (unpaired) electrons. The zero-order valence-corrected chi connectivity index (χ0v) is 9.43. The van der Waals surface area contributed by atoms with Gasteiger partial charge in [0.15, 0.2) is 5.82 Å². The highest BCUT2D eigenvalue weighted by molar-refractivity contribution is 5.17. The number of aromatic nitrogens is 3. The SMILES string of the molecule is Cc1nc(N)nc(C2CN3CCN2CC3)n1. The van der Waals surface area contributed by atoms with Gasteiger partial charge in [-0.25, -0.2) is 4.98 Å². The van der Waals surface area contributed by atoms with Crippen LogP contribution < -0.4 is 5.73 Å². The van der Waals surface area contributed by atoms with Crippen molar-refractivity contribution in [2.24, 2.45) is 0 Å². The maximum Gasteiger partial charge on any atom is 0.223 e. The van der Waals surface area contributed by atoms with E-state index in [1.165, 1.54) is 0 Å². The molecular formula is C10H16N6. The number of hydrogen-bond donors (Lipinski definition) is 1. The van der Waals surface area contributed by atoms with E-state index in [1.807, 2.05) is 6.92 Å². The molecule has 86 valence electrons. The summed E-state index contributed by atoms with van der Waals surface area (Å²) in [6, 6.07) is 0.298. The lowest BCUT2D eigenvalue weighted by Gasteiger charge is -2.46. The van der Waals surface area contributed by atoms with E-state index in [9.17, 15) is 0 Å². The van der Waals surface area contributed by atoms with Crippen molar-refractivity contribution in [3.8, 4) is 0 Å². The fraction of sp³-hybridized carbons (Fsp3) is 0.700. The number of hydrogen-bond acceptors (Lipinski definition) is 6. The molecule has 6 nitrogen and oxygen atoms in total. The van der Waals surface area contributed by atoms with Gasteiger partial charge in [-0.15, -0.1) is 0 Å². The topological polar surface area (TPSA) is 71.2 Å². The zero-order chi connectivity index (χ0) is 11.1. The summed E-state index contributed by atoms with van der Waals surface area (Å²) in [7, 11) is 0. The molecule has 6 heteroatoms. The molecule has 3 saturated heterocycles. The first kappa shape index (κ1) is 9.92. The molecule has 1 atom stereocenters. The van der Waals surface area contributed by atoms with Gasteiger partial charge in [0.05, 0.1) is 6.04 Å². The molecule has 1 unspecified atom stereocenters. The van der Waals surface area contributed by atoms with Crippen molar-refractivity contribution in [1.29, 1.82) is 0 Å². The highest BCUT2D eigenvalue weighted by Gasteiger charge is 2.34. The standard InChI is InChI=1S/C10H16N6/c1-7-12-9(14-10(11)13-7)8-6-15-2-4-16(8)5-3-15/h8H,2-6H2,1H3,(H2,11,12,13,14). The summed E-state index contributed by atoms with van der Waals surface area (Å²) < 4.78 is 0. The molecule has 4 heterocycles. The smallest absolute Gasteiger partial charge is 0.223 e. The Hall–Kier alpha value is -1.27. The molecule has 3 fully saturated rings. The molecule has 1 aromatic heterocycles. The first-order chi connectivity index (χ1) is 7.72. The maximum absolute atomic E-state index is 5.67. The lowest BCUT2D eigenvalue weighted by molar-refractivity contribution is 0.00855. The van der Waals surface area contributed by atoms with Gasteiger partial charge in [0.1, 0.15) is 5.82 Å². The van der Waals surface area contributed by atoms with Gasteiger partial charge in [-0.2, -0.15) is 9.97 Å². The number of aryl methyl sites for hydroxylation is 1. The fourth-order valence-electron chi connectivity index (χ4n) is 2.54. The normalized spacial score (nSPS) is 32.9. The Morgan fingerprint density at radius 3 is 2.44 bits per heavy atom. The van der Waals surface area contributed by atoms with Crippen molar-refractivity contribution in [2.75, 3.05) is 38.5 Å². The predicted octanol–water partition coefficient (Wildman–Crippen LogP) is -0.565. The Morgan fingerprint density at radius 1 is 1.12 bits per heavy atom. The quantitative estimate of drug-likeness (QED) is 0.683. The van der Waals surface area contributed by atoms with Crippen molar-refractivity contribution in [2.45, 2.75) is 13.0 Å². The summed E-state index contributed by atoms with van der Waals surface area (Å²) in [4.78, 5) is 17.6. The average molecular weight is 220 g/mol. The van der Waals surface area contributed by atoms with E-state index in [-0.39, 0.29) is 0 Å². The fourth-order valence-corrected chi connectivity index (χ4v) is 2.54. The van der Waals surface area contributed by atoms with Gasteiger partial charge >= 0.3 is 0 Å². The van der Waals surface area contributed by atoms with E-state index in [2.05, 4.69) is 24.8 Å². The third-order valence-electron chi connectivity index (χ3n) is 3.36. The van der Waals surface area contributed by atoms with Crippen molar-refractivity contribution in [3.63, 3.8) is 0 Å². The van der Waals surface area contributed by atoms with Crippen LogP contribution >= 0.6 is 0 Å². The van der Waals surface area contributed by atoms with Crippen LogP contribution in [0.1, 0.15) is 17.7 Å². The van der Waals surface area contributed by atoms with Crippen LogP contribution in [-0.2, 0) is 0 Å². The molecule has 3 aliphatic heterocycles. The second-order valence-electron chi connectivity index (χ2n) is 4.45. The summed E-state index contributed by atoms with van der Waals surface area (Å²) in [6.07, 6.45) is 0. The van der Waals surface area contributed by atoms with E-state index in [0.717, 1.165) is 38.5 Å². The third-order valence-corrected chi connectivity index (χ3v) is 3.36. The number of fused-ring (bicyclic) bond motifs is 3. The Labute approximate surface area is 94.5 Å². The summed E-state index contributed by atoms with van der Waals surface area (Å²) in [6.45, 7) is 7.41. The van der Waals surface area contributed by atoms with Gasteiger partial charge in [0.25, 0.3) is 0 Å². The monoisotopic (exact) mass is 220 g/mol. The molecular weight excluding hydrogens is 204 g/mol. The number of nitrogens with two attached hydrogens (primary N) is 1. The Kier molecular flexibility index (Phi) is 2.26. The van der Waals surface area contributed by atoms with Crippen LogP contribution in [0.2, 0.25) is 0 Å². The highest BCUT2D eigenvalue weighted by atomic mass is 15.4. The van der Waals surface area contributed by atoms with E-state index >= 15 is 0 Å². The molecule has 0 spiro atoms. The van der Waals surface area contributed by atoms with E-state index in [4.69, 9.17) is 5.73 Å². The highest BCUT2D eigenvalue weighted by Crippen LogP contribution is 2.26.